The van der Waals surface area contributed by atoms with Crippen LogP contribution in [0, 0.1) is 0 Å². The molecule has 0 aliphatic heterocycles. The minimum absolute atomic E-state index is 0.0627. The fourth-order valence-electron chi connectivity index (χ4n) is 3.32. The van der Waals surface area contributed by atoms with Crippen molar-refractivity contribution in [1.82, 2.24) is 4.98 Å². The van der Waals surface area contributed by atoms with Gasteiger partial charge in [0.25, 0.3) is 0 Å². The standard InChI is InChI=1S/C19H13BrF3NO/c20-13-6-4-12(5-7-13)18(8-9-18)17-15(25)10-11-2-1-3-14(16(11)24-17)19(21,22)23/h1-7,10,25H,8-9H2. The van der Waals surface area contributed by atoms with E-state index in [9.17, 15) is 18.3 Å². The maximum absolute atomic E-state index is 13.3. The van der Waals surface area contributed by atoms with Crippen molar-refractivity contribution in [3.05, 3.63) is 69.8 Å². The second-order valence-corrected chi connectivity index (χ2v) is 7.24. The van der Waals surface area contributed by atoms with Crippen molar-refractivity contribution in [1.29, 1.82) is 0 Å². The SMILES string of the molecule is Oc1cc2cccc(C(F)(F)F)c2nc1C1(c2ccc(Br)cc2)CC1. The highest BCUT2D eigenvalue weighted by Crippen LogP contribution is 2.55. The van der Waals surface area contributed by atoms with Crippen LogP contribution >= 0.6 is 15.9 Å². The number of fused-ring (bicyclic) bond motifs is 1. The maximum Gasteiger partial charge on any atom is 0.418 e. The summed E-state index contributed by atoms with van der Waals surface area (Å²) in [4.78, 5) is 4.29. The van der Waals surface area contributed by atoms with Crippen LogP contribution in [-0.4, -0.2) is 10.1 Å². The first-order valence-electron chi connectivity index (χ1n) is 7.78. The van der Waals surface area contributed by atoms with Crippen molar-refractivity contribution in [3.8, 4) is 5.75 Å². The molecule has 0 bridgehead atoms. The van der Waals surface area contributed by atoms with Crippen molar-refractivity contribution in [2.24, 2.45) is 0 Å². The predicted octanol–water partition coefficient (Wildman–Crippen LogP) is 5.80. The third-order valence-corrected chi connectivity index (χ3v) is 5.26. The smallest absolute Gasteiger partial charge is 0.418 e. The maximum atomic E-state index is 13.3. The second kappa shape index (κ2) is 5.46. The first kappa shape index (κ1) is 16.4. The molecular formula is C19H13BrF3NO. The largest absolute Gasteiger partial charge is 0.506 e. The molecule has 0 saturated heterocycles. The van der Waals surface area contributed by atoms with Crippen molar-refractivity contribution in [2.45, 2.75) is 24.4 Å². The number of halogens is 4. The van der Waals surface area contributed by atoms with E-state index in [1.165, 1.54) is 18.2 Å². The van der Waals surface area contributed by atoms with Gasteiger partial charge in [-0.15, -0.1) is 0 Å². The van der Waals surface area contributed by atoms with Crippen LogP contribution in [0.15, 0.2) is 53.0 Å². The van der Waals surface area contributed by atoms with Gasteiger partial charge < -0.3 is 5.11 Å². The van der Waals surface area contributed by atoms with E-state index in [1.807, 2.05) is 24.3 Å². The Balaban J connectivity index is 1.93. The second-order valence-electron chi connectivity index (χ2n) is 6.32. The van der Waals surface area contributed by atoms with Crippen molar-refractivity contribution in [2.75, 3.05) is 0 Å². The van der Waals surface area contributed by atoms with E-state index in [4.69, 9.17) is 0 Å². The summed E-state index contributed by atoms with van der Waals surface area (Å²) >= 11 is 3.38. The van der Waals surface area contributed by atoms with Gasteiger partial charge in [-0.3, -0.25) is 0 Å². The molecule has 25 heavy (non-hydrogen) atoms. The third kappa shape index (κ3) is 2.68. The van der Waals surface area contributed by atoms with Crippen LogP contribution in [0.25, 0.3) is 10.9 Å². The van der Waals surface area contributed by atoms with E-state index < -0.39 is 17.2 Å². The number of hydrogen-bond donors (Lipinski definition) is 1. The molecule has 0 radical (unpaired) electrons. The summed E-state index contributed by atoms with van der Waals surface area (Å²) in [5.74, 6) is -0.0627. The van der Waals surface area contributed by atoms with Crippen LogP contribution < -0.4 is 0 Å². The number of pyridine rings is 1. The molecule has 1 heterocycles. The molecule has 1 aliphatic carbocycles. The van der Waals surface area contributed by atoms with Gasteiger partial charge in [0.15, 0.2) is 0 Å². The fourth-order valence-corrected chi connectivity index (χ4v) is 3.59. The summed E-state index contributed by atoms with van der Waals surface area (Å²) in [6.45, 7) is 0. The monoisotopic (exact) mass is 407 g/mol. The number of hydrogen-bond acceptors (Lipinski definition) is 2. The van der Waals surface area contributed by atoms with Crippen LogP contribution in [0.3, 0.4) is 0 Å². The summed E-state index contributed by atoms with van der Waals surface area (Å²) in [6, 6.07) is 12.9. The van der Waals surface area contributed by atoms with E-state index >= 15 is 0 Å². The van der Waals surface area contributed by atoms with Crippen molar-refractivity contribution < 1.29 is 18.3 Å². The lowest BCUT2D eigenvalue weighted by Crippen LogP contribution is -2.13. The average molecular weight is 408 g/mol. The molecule has 0 atom stereocenters. The highest BCUT2D eigenvalue weighted by Gasteiger charge is 2.49. The molecular weight excluding hydrogens is 395 g/mol. The van der Waals surface area contributed by atoms with E-state index in [0.29, 0.717) is 5.69 Å². The molecule has 6 heteroatoms. The molecule has 2 aromatic carbocycles. The van der Waals surface area contributed by atoms with Crippen LogP contribution in [0.5, 0.6) is 5.75 Å². The summed E-state index contributed by atoms with van der Waals surface area (Å²) < 4.78 is 40.9. The zero-order valence-electron chi connectivity index (χ0n) is 12.9. The minimum atomic E-state index is -4.49. The van der Waals surface area contributed by atoms with Gasteiger partial charge in [0.1, 0.15) is 5.75 Å². The lowest BCUT2D eigenvalue weighted by atomic mass is 9.90. The molecule has 1 saturated carbocycles. The Hall–Kier alpha value is -2.08. The number of benzene rings is 2. The van der Waals surface area contributed by atoms with E-state index in [0.717, 1.165) is 28.9 Å². The van der Waals surface area contributed by atoms with Gasteiger partial charge in [0.05, 0.1) is 16.8 Å². The van der Waals surface area contributed by atoms with Crippen molar-refractivity contribution in [3.63, 3.8) is 0 Å². The van der Waals surface area contributed by atoms with Gasteiger partial charge in [-0.2, -0.15) is 13.2 Å². The first-order valence-corrected chi connectivity index (χ1v) is 8.57. The quantitative estimate of drug-likeness (QED) is 0.581. The van der Waals surface area contributed by atoms with Crippen LogP contribution in [0.1, 0.15) is 29.7 Å². The predicted molar refractivity (Wildman–Crippen MR) is 92.6 cm³/mol. The summed E-state index contributed by atoms with van der Waals surface area (Å²) in [7, 11) is 0. The molecule has 4 rings (SSSR count). The molecule has 0 amide bonds. The number of aromatic nitrogens is 1. The Morgan fingerprint density at radius 3 is 2.32 bits per heavy atom. The molecule has 0 spiro atoms. The fraction of sp³-hybridized carbons (Fsp3) is 0.211. The average Bonchev–Trinajstić information content (AvgIpc) is 3.35. The zero-order valence-corrected chi connectivity index (χ0v) is 14.5. The summed E-state index contributed by atoms with van der Waals surface area (Å²) in [6.07, 6.45) is -3.00. The molecule has 1 aromatic heterocycles. The molecule has 0 unspecified atom stereocenters. The number of nitrogens with zero attached hydrogens (tertiary/aromatic N) is 1. The Bertz CT molecular complexity index is 963. The Morgan fingerprint density at radius 1 is 1.04 bits per heavy atom. The Morgan fingerprint density at radius 2 is 1.72 bits per heavy atom. The topological polar surface area (TPSA) is 33.1 Å². The van der Waals surface area contributed by atoms with Crippen molar-refractivity contribution >= 4 is 26.8 Å². The van der Waals surface area contributed by atoms with E-state index in [2.05, 4.69) is 20.9 Å². The number of rotatable bonds is 2. The normalized spacial score (nSPS) is 16.2. The lowest BCUT2D eigenvalue weighted by Gasteiger charge is -2.19. The van der Waals surface area contributed by atoms with Crippen LogP contribution in [0.2, 0.25) is 0 Å². The molecule has 3 aromatic rings. The highest BCUT2D eigenvalue weighted by molar-refractivity contribution is 9.10. The van der Waals surface area contributed by atoms with Gasteiger partial charge in [0, 0.05) is 15.3 Å². The van der Waals surface area contributed by atoms with Gasteiger partial charge in [-0.25, -0.2) is 4.98 Å². The van der Waals surface area contributed by atoms with Gasteiger partial charge >= 0.3 is 6.18 Å². The highest BCUT2D eigenvalue weighted by atomic mass is 79.9. The molecule has 1 fully saturated rings. The van der Waals surface area contributed by atoms with E-state index in [1.54, 1.807) is 0 Å². The minimum Gasteiger partial charge on any atom is -0.506 e. The number of para-hydroxylation sites is 1. The van der Waals surface area contributed by atoms with Crippen LogP contribution in [-0.2, 0) is 11.6 Å². The number of aromatic hydroxyl groups is 1. The Labute approximate surface area is 150 Å². The third-order valence-electron chi connectivity index (χ3n) is 4.73. The molecule has 1 N–H and O–H groups in total. The Kier molecular flexibility index (Phi) is 3.58. The lowest BCUT2D eigenvalue weighted by molar-refractivity contribution is -0.136. The molecule has 128 valence electrons. The van der Waals surface area contributed by atoms with Crippen LogP contribution in [0.4, 0.5) is 13.2 Å². The van der Waals surface area contributed by atoms with Gasteiger partial charge in [0.2, 0.25) is 0 Å². The first-order chi connectivity index (χ1) is 11.8. The summed E-state index contributed by atoms with van der Waals surface area (Å²) in [5.41, 5.74) is -0.150. The molecule has 2 nitrogen and oxygen atoms in total. The molecule has 1 aliphatic rings. The summed E-state index contributed by atoms with van der Waals surface area (Å²) in [5, 5.41) is 10.7. The van der Waals surface area contributed by atoms with Gasteiger partial charge in [-0.1, -0.05) is 40.2 Å². The number of alkyl halides is 3. The van der Waals surface area contributed by atoms with Gasteiger partial charge in [-0.05, 0) is 42.7 Å². The zero-order chi connectivity index (χ0) is 17.8. The van der Waals surface area contributed by atoms with E-state index in [-0.39, 0.29) is 16.7 Å².